The molecule has 0 saturated carbocycles. The van der Waals surface area contributed by atoms with E-state index in [9.17, 15) is 9.59 Å². The third-order valence-corrected chi connectivity index (χ3v) is 6.49. The molecular formula is C24H29N3O3. The van der Waals surface area contributed by atoms with Crippen LogP contribution in [0.2, 0.25) is 0 Å². The van der Waals surface area contributed by atoms with Crippen molar-refractivity contribution in [3.63, 3.8) is 0 Å². The van der Waals surface area contributed by atoms with Gasteiger partial charge >= 0.3 is 0 Å². The summed E-state index contributed by atoms with van der Waals surface area (Å²) in [5, 5.41) is 12.1. The van der Waals surface area contributed by atoms with Crippen LogP contribution in [0.1, 0.15) is 40.7 Å². The van der Waals surface area contributed by atoms with Crippen molar-refractivity contribution in [2.45, 2.75) is 31.2 Å². The Morgan fingerprint density at radius 1 is 1.13 bits per heavy atom. The third kappa shape index (κ3) is 3.73. The first-order valence-corrected chi connectivity index (χ1v) is 10.6. The predicted octanol–water partition coefficient (Wildman–Crippen LogP) is 2.31. The molecule has 2 amide bonds. The second-order valence-electron chi connectivity index (χ2n) is 8.27. The van der Waals surface area contributed by atoms with Crippen molar-refractivity contribution in [3.8, 4) is 0 Å². The van der Waals surface area contributed by atoms with Gasteiger partial charge < -0.3 is 20.2 Å². The summed E-state index contributed by atoms with van der Waals surface area (Å²) < 4.78 is 0. The van der Waals surface area contributed by atoms with Gasteiger partial charge in [0.1, 0.15) is 0 Å². The second kappa shape index (κ2) is 8.58. The van der Waals surface area contributed by atoms with E-state index >= 15 is 0 Å². The first-order valence-electron chi connectivity index (χ1n) is 10.6. The minimum absolute atomic E-state index is 0.126. The molecular weight excluding hydrogens is 378 g/mol. The Balaban J connectivity index is 1.53. The number of amides is 2. The highest BCUT2D eigenvalue weighted by Crippen LogP contribution is 2.47. The Morgan fingerprint density at radius 3 is 2.57 bits per heavy atom. The third-order valence-electron chi connectivity index (χ3n) is 6.49. The molecule has 0 unspecified atom stereocenters. The summed E-state index contributed by atoms with van der Waals surface area (Å²) in [5.41, 5.74) is 2.98. The quantitative estimate of drug-likeness (QED) is 0.771. The summed E-state index contributed by atoms with van der Waals surface area (Å²) in [7, 11) is 1.82. The molecule has 2 aliphatic heterocycles. The zero-order valence-electron chi connectivity index (χ0n) is 17.4. The number of benzene rings is 2. The number of hydrogen-bond acceptors (Lipinski definition) is 4. The van der Waals surface area contributed by atoms with E-state index in [1.807, 2.05) is 49.5 Å². The van der Waals surface area contributed by atoms with Crippen LogP contribution in [0.5, 0.6) is 0 Å². The minimum atomic E-state index is -0.546. The van der Waals surface area contributed by atoms with Crippen molar-refractivity contribution in [2.75, 3.05) is 38.2 Å². The molecule has 0 radical (unpaired) electrons. The molecule has 2 aliphatic rings. The molecule has 30 heavy (non-hydrogen) atoms. The average Bonchev–Trinajstić information content (AvgIpc) is 2.99. The van der Waals surface area contributed by atoms with Crippen molar-refractivity contribution in [1.82, 2.24) is 10.2 Å². The van der Waals surface area contributed by atoms with Gasteiger partial charge in [0, 0.05) is 38.0 Å². The smallest absolute Gasteiger partial charge is 0.251 e. The number of piperidine rings is 1. The summed E-state index contributed by atoms with van der Waals surface area (Å²) in [6.07, 6.45) is 2.23. The van der Waals surface area contributed by atoms with Crippen molar-refractivity contribution in [2.24, 2.45) is 0 Å². The van der Waals surface area contributed by atoms with Crippen LogP contribution in [-0.2, 0) is 16.8 Å². The number of rotatable bonds is 6. The van der Waals surface area contributed by atoms with Crippen LogP contribution < -0.4 is 10.2 Å². The zero-order valence-corrected chi connectivity index (χ0v) is 17.4. The average molecular weight is 408 g/mol. The number of hydrogen-bond donors (Lipinski definition) is 2. The fourth-order valence-electron chi connectivity index (χ4n) is 4.71. The van der Waals surface area contributed by atoms with E-state index in [2.05, 4.69) is 10.2 Å². The topological polar surface area (TPSA) is 72.9 Å². The zero-order chi connectivity index (χ0) is 21.1. The lowest BCUT2D eigenvalue weighted by Gasteiger charge is -2.38. The number of carbonyl (C=O) groups excluding carboxylic acids is 2. The summed E-state index contributed by atoms with van der Waals surface area (Å²) in [4.78, 5) is 30.0. The lowest BCUT2D eigenvalue weighted by Crippen LogP contribution is -2.48. The first kappa shape index (κ1) is 20.6. The molecule has 2 aromatic rings. The molecule has 0 atom stereocenters. The Hall–Kier alpha value is -2.70. The molecule has 6 nitrogen and oxygen atoms in total. The van der Waals surface area contributed by atoms with E-state index in [0.717, 1.165) is 55.7 Å². The molecule has 6 heteroatoms. The summed E-state index contributed by atoms with van der Waals surface area (Å²) >= 11 is 0. The number of anilines is 1. The number of likely N-dealkylation sites (tertiary alicyclic amines) is 1. The SMILES string of the molecule is CN1C(=O)C2(CCN(CCCO)CC2)c2cc(C(=O)NCc3ccccc3)ccc21. The highest BCUT2D eigenvalue weighted by atomic mass is 16.3. The predicted molar refractivity (Wildman–Crippen MR) is 117 cm³/mol. The van der Waals surface area contributed by atoms with Crippen LogP contribution in [0, 0.1) is 0 Å². The summed E-state index contributed by atoms with van der Waals surface area (Å²) in [5.74, 6) is 0.000314. The molecule has 0 aromatic heterocycles. The normalized spacial score (nSPS) is 17.9. The van der Waals surface area contributed by atoms with Crippen LogP contribution in [0.15, 0.2) is 48.5 Å². The van der Waals surface area contributed by atoms with E-state index in [-0.39, 0.29) is 18.4 Å². The monoisotopic (exact) mass is 407 g/mol. The second-order valence-corrected chi connectivity index (χ2v) is 8.27. The fraction of sp³-hybridized carbons (Fsp3) is 0.417. The number of carbonyl (C=O) groups is 2. The summed E-state index contributed by atoms with van der Waals surface area (Å²) in [6, 6.07) is 15.4. The maximum absolute atomic E-state index is 13.2. The maximum atomic E-state index is 13.2. The van der Waals surface area contributed by atoms with Gasteiger partial charge in [-0.05, 0) is 61.7 Å². The van der Waals surface area contributed by atoms with Gasteiger partial charge in [-0.2, -0.15) is 0 Å². The molecule has 0 bridgehead atoms. The number of fused-ring (bicyclic) bond motifs is 2. The minimum Gasteiger partial charge on any atom is -0.396 e. The molecule has 4 rings (SSSR count). The van der Waals surface area contributed by atoms with Crippen molar-refractivity contribution in [3.05, 3.63) is 65.2 Å². The highest BCUT2D eigenvalue weighted by molar-refractivity contribution is 6.09. The molecule has 2 heterocycles. The van der Waals surface area contributed by atoms with Gasteiger partial charge in [0.05, 0.1) is 5.41 Å². The van der Waals surface area contributed by atoms with Crippen LogP contribution in [-0.4, -0.2) is 55.1 Å². The van der Waals surface area contributed by atoms with Crippen LogP contribution >= 0.6 is 0 Å². The molecule has 2 aromatic carbocycles. The summed E-state index contributed by atoms with van der Waals surface area (Å²) in [6.45, 7) is 3.16. The molecule has 0 aliphatic carbocycles. The Labute approximate surface area is 177 Å². The first-order chi connectivity index (χ1) is 14.5. The molecule has 2 N–H and O–H groups in total. The lowest BCUT2D eigenvalue weighted by molar-refractivity contribution is -0.124. The molecule has 1 spiro atoms. The number of likely N-dealkylation sites (N-methyl/N-ethyl adjacent to an activating group) is 1. The Morgan fingerprint density at radius 2 is 1.87 bits per heavy atom. The van der Waals surface area contributed by atoms with Gasteiger partial charge in [0.2, 0.25) is 5.91 Å². The van der Waals surface area contributed by atoms with Gasteiger partial charge in [-0.15, -0.1) is 0 Å². The number of nitrogens with one attached hydrogen (secondary N) is 1. The highest BCUT2D eigenvalue weighted by Gasteiger charge is 2.51. The van der Waals surface area contributed by atoms with Crippen molar-refractivity contribution in [1.29, 1.82) is 0 Å². The Kier molecular flexibility index (Phi) is 5.88. The van der Waals surface area contributed by atoms with E-state index < -0.39 is 5.41 Å². The van der Waals surface area contributed by atoms with Gasteiger partial charge in [-0.3, -0.25) is 9.59 Å². The Bertz CT molecular complexity index is 921. The van der Waals surface area contributed by atoms with Gasteiger partial charge in [-0.25, -0.2) is 0 Å². The maximum Gasteiger partial charge on any atom is 0.251 e. The van der Waals surface area contributed by atoms with E-state index in [1.54, 1.807) is 11.0 Å². The van der Waals surface area contributed by atoms with Gasteiger partial charge in [0.25, 0.3) is 5.91 Å². The number of aliphatic hydroxyl groups is 1. The van der Waals surface area contributed by atoms with E-state index in [0.29, 0.717) is 12.1 Å². The van der Waals surface area contributed by atoms with Gasteiger partial charge in [-0.1, -0.05) is 30.3 Å². The number of nitrogens with zero attached hydrogens (tertiary/aromatic N) is 2. The van der Waals surface area contributed by atoms with Crippen molar-refractivity contribution < 1.29 is 14.7 Å². The number of aliphatic hydroxyl groups excluding tert-OH is 1. The lowest BCUT2D eigenvalue weighted by atomic mass is 9.73. The van der Waals surface area contributed by atoms with Crippen molar-refractivity contribution >= 4 is 17.5 Å². The van der Waals surface area contributed by atoms with E-state index in [1.165, 1.54) is 0 Å². The van der Waals surface area contributed by atoms with Gasteiger partial charge in [0.15, 0.2) is 0 Å². The van der Waals surface area contributed by atoms with Crippen LogP contribution in [0.4, 0.5) is 5.69 Å². The molecule has 1 fully saturated rings. The van der Waals surface area contributed by atoms with Crippen LogP contribution in [0.3, 0.4) is 0 Å². The fourth-order valence-corrected chi connectivity index (χ4v) is 4.71. The largest absolute Gasteiger partial charge is 0.396 e. The molecule has 1 saturated heterocycles. The standard InChI is InChI=1S/C24H29N3O3/c1-26-21-9-8-19(22(29)25-17-18-6-3-2-4-7-18)16-20(21)24(23(26)30)10-13-27(14-11-24)12-5-15-28/h2-4,6-9,16,28H,5,10-15,17H2,1H3,(H,25,29). The molecule has 158 valence electrons. The van der Waals surface area contributed by atoms with E-state index in [4.69, 9.17) is 5.11 Å². The van der Waals surface area contributed by atoms with Crippen LogP contribution in [0.25, 0.3) is 0 Å².